The zero-order valence-electron chi connectivity index (χ0n) is 18.3. The second-order valence-corrected chi connectivity index (χ2v) is 7.68. The van der Waals surface area contributed by atoms with Gasteiger partial charge in [0.05, 0.1) is 13.2 Å². The zero-order chi connectivity index (χ0) is 22.9. The predicted octanol–water partition coefficient (Wildman–Crippen LogP) is 3.47. The van der Waals surface area contributed by atoms with Crippen molar-refractivity contribution in [2.24, 2.45) is 0 Å². The van der Waals surface area contributed by atoms with Crippen molar-refractivity contribution in [1.82, 2.24) is 5.32 Å². The number of amides is 2. The van der Waals surface area contributed by atoms with Gasteiger partial charge in [0, 0.05) is 36.6 Å². The fraction of sp³-hybridized carbons (Fsp3) is 0.231. The number of ether oxygens (including phenoxy) is 2. The van der Waals surface area contributed by atoms with Gasteiger partial charge in [0.1, 0.15) is 5.75 Å². The van der Waals surface area contributed by atoms with Crippen LogP contribution in [-0.4, -0.2) is 44.7 Å². The first kappa shape index (κ1) is 22.4. The van der Waals surface area contributed by atoms with Gasteiger partial charge < -0.3 is 25.0 Å². The minimum absolute atomic E-state index is 0.152. The summed E-state index contributed by atoms with van der Waals surface area (Å²) >= 11 is 0. The maximum absolute atomic E-state index is 12.4. The van der Waals surface area contributed by atoms with Gasteiger partial charge in [-0.25, -0.2) is 0 Å². The third-order valence-electron chi connectivity index (χ3n) is 5.29. The molecule has 1 fully saturated rings. The van der Waals surface area contributed by atoms with Crippen molar-refractivity contribution >= 4 is 23.2 Å². The molecule has 7 nitrogen and oxygen atoms in total. The lowest BCUT2D eigenvalue weighted by atomic mass is 10.2. The van der Waals surface area contributed by atoms with Gasteiger partial charge >= 0.3 is 0 Å². The Hall–Kier alpha value is -3.84. The van der Waals surface area contributed by atoms with E-state index in [-0.39, 0.29) is 18.4 Å². The normalized spacial score (nSPS) is 13.3. The van der Waals surface area contributed by atoms with E-state index < -0.39 is 0 Å². The minimum Gasteiger partial charge on any atom is -0.484 e. The Bertz CT molecular complexity index is 1060. The summed E-state index contributed by atoms with van der Waals surface area (Å²) in [6.07, 6.45) is 0. The number of nitrogens with zero attached hydrogens (tertiary/aromatic N) is 1. The lowest BCUT2D eigenvalue weighted by Gasteiger charge is -2.28. The monoisotopic (exact) mass is 445 g/mol. The number of morpholine rings is 1. The first-order valence-electron chi connectivity index (χ1n) is 10.9. The Morgan fingerprint density at radius 3 is 2.42 bits per heavy atom. The molecule has 0 bridgehead atoms. The highest BCUT2D eigenvalue weighted by Gasteiger charge is 2.12. The van der Waals surface area contributed by atoms with Gasteiger partial charge in [0.15, 0.2) is 6.61 Å². The summed E-state index contributed by atoms with van der Waals surface area (Å²) in [5.41, 5.74) is 3.31. The average molecular weight is 446 g/mol. The molecule has 4 rings (SSSR count). The van der Waals surface area contributed by atoms with Crippen molar-refractivity contribution in [2.45, 2.75) is 6.54 Å². The van der Waals surface area contributed by atoms with Gasteiger partial charge in [-0.15, -0.1) is 0 Å². The van der Waals surface area contributed by atoms with E-state index in [0.29, 0.717) is 23.5 Å². The predicted molar refractivity (Wildman–Crippen MR) is 128 cm³/mol. The quantitative estimate of drug-likeness (QED) is 0.555. The summed E-state index contributed by atoms with van der Waals surface area (Å²) in [5.74, 6) is -0.0117. The molecule has 0 atom stereocenters. The summed E-state index contributed by atoms with van der Waals surface area (Å²) in [5, 5.41) is 5.72. The molecule has 3 aromatic rings. The Balaban J connectivity index is 1.25. The number of anilines is 2. The van der Waals surface area contributed by atoms with Crippen LogP contribution in [0.3, 0.4) is 0 Å². The molecule has 2 N–H and O–H groups in total. The molecule has 170 valence electrons. The van der Waals surface area contributed by atoms with Gasteiger partial charge in [-0.2, -0.15) is 0 Å². The fourth-order valence-electron chi connectivity index (χ4n) is 3.53. The largest absolute Gasteiger partial charge is 0.484 e. The molecular formula is C26H27N3O4. The van der Waals surface area contributed by atoms with E-state index in [1.807, 2.05) is 54.6 Å². The lowest BCUT2D eigenvalue weighted by Crippen LogP contribution is -2.36. The second kappa shape index (κ2) is 11.2. The molecular weight excluding hydrogens is 418 g/mol. The first-order valence-corrected chi connectivity index (χ1v) is 10.9. The highest BCUT2D eigenvalue weighted by atomic mass is 16.5. The molecule has 3 aromatic carbocycles. The van der Waals surface area contributed by atoms with Crippen LogP contribution in [0.1, 0.15) is 15.9 Å². The van der Waals surface area contributed by atoms with Gasteiger partial charge in [-0.1, -0.05) is 36.4 Å². The van der Waals surface area contributed by atoms with Crippen molar-refractivity contribution < 1.29 is 19.1 Å². The molecule has 0 spiro atoms. The Kier molecular flexibility index (Phi) is 7.56. The molecule has 1 aliphatic heterocycles. The number of hydrogen-bond donors (Lipinski definition) is 2. The van der Waals surface area contributed by atoms with Crippen molar-refractivity contribution in [3.63, 3.8) is 0 Å². The highest BCUT2D eigenvalue weighted by Crippen LogP contribution is 2.19. The van der Waals surface area contributed by atoms with Crippen LogP contribution in [0, 0.1) is 0 Å². The van der Waals surface area contributed by atoms with Crippen LogP contribution < -0.4 is 20.3 Å². The molecule has 0 aliphatic carbocycles. The van der Waals surface area contributed by atoms with Crippen molar-refractivity contribution in [3.05, 3.63) is 90.0 Å². The number of benzene rings is 3. The third-order valence-corrected chi connectivity index (χ3v) is 5.29. The third kappa shape index (κ3) is 6.57. The molecule has 1 aliphatic rings. The van der Waals surface area contributed by atoms with Crippen molar-refractivity contribution in [3.8, 4) is 5.75 Å². The molecule has 0 saturated carbocycles. The Morgan fingerprint density at radius 2 is 1.67 bits per heavy atom. The van der Waals surface area contributed by atoms with Crippen LogP contribution in [0.4, 0.5) is 11.4 Å². The molecule has 2 amide bonds. The summed E-state index contributed by atoms with van der Waals surface area (Å²) in [6.45, 7) is 3.47. The molecule has 33 heavy (non-hydrogen) atoms. The van der Waals surface area contributed by atoms with Crippen molar-refractivity contribution in [2.75, 3.05) is 43.1 Å². The molecule has 7 heteroatoms. The van der Waals surface area contributed by atoms with Crippen molar-refractivity contribution in [1.29, 1.82) is 0 Å². The Morgan fingerprint density at radius 1 is 0.909 bits per heavy atom. The Labute approximate surface area is 193 Å². The number of hydrogen-bond acceptors (Lipinski definition) is 5. The van der Waals surface area contributed by atoms with Gasteiger partial charge in [0.25, 0.3) is 11.8 Å². The van der Waals surface area contributed by atoms with Gasteiger partial charge in [-0.3, -0.25) is 9.59 Å². The number of carbonyl (C=O) groups excluding carboxylic acids is 2. The van der Waals surface area contributed by atoms with E-state index in [1.54, 1.807) is 24.3 Å². The fourth-order valence-corrected chi connectivity index (χ4v) is 3.53. The van der Waals surface area contributed by atoms with Gasteiger partial charge in [-0.05, 0) is 48.0 Å². The standard InChI is InChI=1S/C26H27N3O4/c30-25(28-22-9-11-23(12-10-22)29-13-15-32-16-14-29)19-33-24-8-4-7-21(17-24)26(31)27-18-20-5-2-1-3-6-20/h1-12,17H,13-16,18-19H2,(H,27,31)(H,28,30). The highest BCUT2D eigenvalue weighted by molar-refractivity contribution is 5.94. The van der Waals surface area contributed by atoms with Crippen LogP contribution in [0.5, 0.6) is 5.75 Å². The van der Waals surface area contributed by atoms with Crippen LogP contribution in [0.2, 0.25) is 0 Å². The van der Waals surface area contributed by atoms with E-state index in [2.05, 4.69) is 15.5 Å². The van der Waals surface area contributed by atoms with Gasteiger partial charge in [0.2, 0.25) is 0 Å². The van der Waals surface area contributed by atoms with Crippen LogP contribution in [-0.2, 0) is 16.1 Å². The SMILES string of the molecule is O=C(COc1cccc(C(=O)NCc2ccccc2)c1)Nc1ccc(N2CCOCC2)cc1. The van der Waals surface area contributed by atoms with E-state index in [9.17, 15) is 9.59 Å². The van der Waals surface area contributed by atoms with Crippen LogP contribution >= 0.6 is 0 Å². The maximum atomic E-state index is 12.4. The summed E-state index contributed by atoms with van der Waals surface area (Å²) in [6, 6.07) is 24.2. The van der Waals surface area contributed by atoms with Crippen LogP contribution in [0.25, 0.3) is 0 Å². The molecule has 0 radical (unpaired) electrons. The smallest absolute Gasteiger partial charge is 0.262 e. The average Bonchev–Trinajstić information content (AvgIpc) is 2.88. The first-order chi connectivity index (χ1) is 16.2. The van der Waals surface area contributed by atoms with E-state index in [0.717, 1.165) is 37.6 Å². The maximum Gasteiger partial charge on any atom is 0.262 e. The van der Waals surface area contributed by atoms with E-state index in [4.69, 9.17) is 9.47 Å². The zero-order valence-corrected chi connectivity index (χ0v) is 18.3. The summed E-state index contributed by atoms with van der Waals surface area (Å²) in [4.78, 5) is 27.0. The van der Waals surface area contributed by atoms with E-state index in [1.165, 1.54) is 0 Å². The summed E-state index contributed by atoms with van der Waals surface area (Å²) < 4.78 is 11.0. The topological polar surface area (TPSA) is 79.9 Å². The minimum atomic E-state index is -0.270. The number of rotatable bonds is 8. The van der Waals surface area contributed by atoms with Crippen LogP contribution in [0.15, 0.2) is 78.9 Å². The number of nitrogens with one attached hydrogen (secondary N) is 2. The molecule has 0 unspecified atom stereocenters. The molecule has 1 saturated heterocycles. The summed E-state index contributed by atoms with van der Waals surface area (Å²) in [7, 11) is 0. The van der Waals surface area contributed by atoms with E-state index >= 15 is 0 Å². The number of carbonyl (C=O) groups is 2. The molecule has 0 aromatic heterocycles. The molecule has 1 heterocycles. The lowest BCUT2D eigenvalue weighted by molar-refractivity contribution is -0.118. The second-order valence-electron chi connectivity index (χ2n) is 7.68.